The number of aryl methyl sites for hydroxylation is 1. The van der Waals surface area contributed by atoms with Gasteiger partial charge in [-0.15, -0.1) is 0 Å². The van der Waals surface area contributed by atoms with Crippen molar-refractivity contribution in [2.24, 2.45) is 5.73 Å². The zero-order valence-electron chi connectivity index (χ0n) is 5.74. The summed E-state index contributed by atoms with van der Waals surface area (Å²) in [5.74, 6) is 0.623. The summed E-state index contributed by atoms with van der Waals surface area (Å²) in [6.45, 7) is 1.93. The van der Waals surface area contributed by atoms with Crippen LogP contribution in [0.3, 0.4) is 0 Å². The minimum atomic E-state index is -0.647. The standard InChI is InChI=1S/C6H10N2O2/c1-4-5(3-8-10-4)6(9)2-7/h3,6,9H,2,7H2,1H3/t6-/m0/s1. The van der Waals surface area contributed by atoms with Crippen molar-refractivity contribution in [3.63, 3.8) is 0 Å². The molecule has 3 N–H and O–H groups in total. The zero-order valence-corrected chi connectivity index (χ0v) is 5.74. The van der Waals surface area contributed by atoms with Gasteiger partial charge in [-0.25, -0.2) is 0 Å². The monoisotopic (exact) mass is 142 g/mol. The molecule has 4 heteroatoms. The fourth-order valence-electron chi connectivity index (χ4n) is 0.753. The maximum Gasteiger partial charge on any atom is 0.139 e. The number of hydrogen-bond donors (Lipinski definition) is 2. The molecule has 0 radical (unpaired) electrons. The van der Waals surface area contributed by atoms with Gasteiger partial charge in [0, 0.05) is 12.1 Å². The molecule has 0 saturated heterocycles. The SMILES string of the molecule is Cc1oncc1[C@@H](O)CN. The molecule has 0 spiro atoms. The second-order valence-electron chi connectivity index (χ2n) is 2.09. The largest absolute Gasteiger partial charge is 0.387 e. The molecule has 0 aliphatic rings. The Bertz CT molecular complexity index is 209. The number of aliphatic hydroxyl groups is 1. The molecule has 0 fully saturated rings. The molecule has 0 saturated carbocycles. The number of hydrogen-bond acceptors (Lipinski definition) is 4. The van der Waals surface area contributed by atoms with Gasteiger partial charge in [0.15, 0.2) is 0 Å². The lowest BCUT2D eigenvalue weighted by Gasteiger charge is -2.02. The summed E-state index contributed by atoms with van der Waals surface area (Å²) in [5, 5.41) is 12.7. The van der Waals surface area contributed by atoms with Crippen LogP contribution in [0.25, 0.3) is 0 Å². The van der Waals surface area contributed by atoms with E-state index in [1.807, 2.05) is 0 Å². The first-order valence-electron chi connectivity index (χ1n) is 3.05. The maximum atomic E-state index is 9.17. The predicted octanol–water partition coefficient (Wildman–Crippen LogP) is -0.0249. The van der Waals surface area contributed by atoms with Crippen LogP contribution in [0.4, 0.5) is 0 Å². The molecule has 0 aliphatic carbocycles. The molecule has 0 bridgehead atoms. The van der Waals surface area contributed by atoms with E-state index in [-0.39, 0.29) is 6.54 Å². The van der Waals surface area contributed by atoms with Crippen molar-refractivity contribution in [1.29, 1.82) is 0 Å². The van der Waals surface area contributed by atoms with Gasteiger partial charge in [0.25, 0.3) is 0 Å². The lowest BCUT2D eigenvalue weighted by atomic mass is 10.1. The van der Waals surface area contributed by atoms with Gasteiger partial charge in [-0.1, -0.05) is 5.16 Å². The summed E-state index contributed by atoms with van der Waals surface area (Å²) < 4.78 is 4.72. The van der Waals surface area contributed by atoms with Gasteiger partial charge in [0.1, 0.15) is 5.76 Å². The first-order valence-corrected chi connectivity index (χ1v) is 3.05. The predicted molar refractivity (Wildman–Crippen MR) is 35.3 cm³/mol. The minimum absolute atomic E-state index is 0.196. The highest BCUT2D eigenvalue weighted by Crippen LogP contribution is 2.14. The highest BCUT2D eigenvalue weighted by Gasteiger charge is 2.10. The molecule has 4 nitrogen and oxygen atoms in total. The third-order valence-electron chi connectivity index (χ3n) is 1.37. The quantitative estimate of drug-likeness (QED) is 0.608. The van der Waals surface area contributed by atoms with Gasteiger partial charge < -0.3 is 15.4 Å². The van der Waals surface area contributed by atoms with E-state index in [0.29, 0.717) is 11.3 Å². The van der Waals surface area contributed by atoms with E-state index >= 15 is 0 Å². The summed E-state index contributed by atoms with van der Waals surface area (Å²) in [5.41, 5.74) is 5.88. The Morgan fingerprint density at radius 3 is 3.00 bits per heavy atom. The van der Waals surface area contributed by atoms with Crippen molar-refractivity contribution in [3.05, 3.63) is 17.5 Å². The number of nitrogens with two attached hydrogens (primary N) is 1. The molecule has 1 heterocycles. The van der Waals surface area contributed by atoms with E-state index in [2.05, 4.69) is 5.16 Å². The second kappa shape index (κ2) is 2.81. The van der Waals surface area contributed by atoms with Crippen molar-refractivity contribution in [2.75, 3.05) is 6.54 Å². The first kappa shape index (κ1) is 7.24. The molecule has 56 valence electrons. The molecule has 1 atom stereocenters. The van der Waals surface area contributed by atoms with Crippen LogP contribution in [0.5, 0.6) is 0 Å². The Morgan fingerprint density at radius 1 is 1.90 bits per heavy atom. The summed E-state index contributed by atoms with van der Waals surface area (Å²) in [6, 6.07) is 0. The van der Waals surface area contributed by atoms with E-state index in [0.717, 1.165) is 0 Å². The minimum Gasteiger partial charge on any atom is -0.387 e. The molecular formula is C6H10N2O2. The van der Waals surface area contributed by atoms with Gasteiger partial charge in [0.05, 0.1) is 12.3 Å². The summed E-state index contributed by atoms with van der Waals surface area (Å²) in [4.78, 5) is 0. The topological polar surface area (TPSA) is 72.3 Å². The fraction of sp³-hybridized carbons (Fsp3) is 0.500. The summed E-state index contributed by atoms with van der Waals surface area (Å²) >= 11 is 0. The number of nitrogens with zero attached hydrogens (tertiary/aromatic N) is 1. The molecule has 0 aromatic carbocycles. The van der Waals surface area contributed by atoms with Gasteiger partial charge >= 0.3 is 0 Å². The lowest BCUT2D eigenvalue weighted by Crippen LogP contribution is -2.11. The van der Waals surface area contributed by atoms with E-state index in [4.69, 9.17) is 10.3 Å². The molecule has 1 aromatic rings. The van der Waals surface area contributed by atoms with Gasteiger partial charge in [-0.2, -0.15) is 0 Å². The van der Waals surface area contributed by atoms with Crippen LogP contribution in [0, 0.1) is 6.92 Å². The molecule has 10 heavy (non-hydrogen) atoms. The highest BCUT2D eigenvalue weighted by molar-refractivity contribution is 5.14. The van der Waals surface area contributed by atoms with Crippen LogP contribution in [-0.2, 0) is 0 Å². The van der Waals surface area contributed by atoms with Crippen LogP contribution in [-0.4, -0.2) is 16.8 Å². The third-order valence-corrected chi connectivity index (χ3v) is 1.37. The van der Waals surface area contributed by atoms with Gasteiger partial charge in [-0.3, -0.25) is 0 Å². The smallest absolute Gasteiger partial charge is 0.139 e. The molecule has 1 aromatic heterocycles. The average Bonchev–Trinajstić information content (AvgIpc) is 2.34. The van der Waals surface area contributed by atoms with Crippen LogP contribution < -0.4 is 5.73 Å². The first-order chi connectivity index (χ1) is 4.75. The maximum absolute atomic E-state index is 9.17. The summed E-state index contributed by atoms with van der Waals surface area (Å²) in [7, 11) is 0. The number of aliphatic hydroxyl groups excluding tert-OH is 1. The molecule has 0 aliphatic heterocycles. The highest BCUT2D eigenvalue weighted by atomic mass is 16.5. The summed E-state index contributed by atoms with van der Waals surface area (Å²) in [6.07, 6.45) is 0.832. The van der Waals surface area contributed by atoms with E-state index in [1.54, 1.807) is 6.92 Å². The lowest BCUT2D eigenvalue weighted by molar-refractivity contribution is 0.184. The molecule has 0 amide bonds. The average molecular weight is 142 g/mol. The number of rotatable bonds is 2. The molecular weight excluding hydrogens is 132 g/mol. The van der Waals surface area contributed by atoms with Crippen molar-refractivity contribution < 1.29 is 9.63 Å². The van der Waals surface area contributed by atoms with Crippen LogP contribution >= 0.6 is 0 Å². The van der Waals surface area contributed by atoms with E-state index < -0.39 is 6.10 Å². The Hall–Kier alpha value is -0.870. The normalized spacial score (nSPS) is 13.5. The van der Waals surface area contributed by atoms with Gasteiger partial charge in [-0.05, 0) is 6.92 Å². The fourth-order valence-corrected chi connectivity index (χ4v) is 0.753. The molecule has 0 unspecified atom stereocenters. The van der Waals surface area contributed by atoms with Gasteiger partial charge in [0.2, 0.25) is 0 Å². The third kappa shape index (κ3) is 1.17. The van der Waals surface area contributed by atoms with E-state index in [1.165, 1.54) is 6.20 Å². The van der Waals surface area contributed by atoms with E-state index in [9.17, 15) is 5.11 Å². The Labute approximate surface area is 58.6 Å². The Morgan fingerprint density at radius 2 is 2.60 bits per heavy atom. The van der Waals surface area contributed by atoms with Crippen molar-refractivity contribution >= 4 is 0 Å². The molecule has 1 rings (SSSR count). The van der Waals surface area contributed by atoms with Crippen molar-refractivity contribution in [1.82, 2.24) is 5.16 Å². The second-order valence-corrected chi connectivity index (χ2v) is 2.09. The number of aromatic nitrogens is 1. The van der Waals surface area contributed by atoms with Crippen LogP contribution in [0.2, 0.25) is 0 Å². The van der Waals surface area contributed by atoms with Crippen molar-refractivity contribution in [3.8, 4) is 0 Å². The van der Waals surface area contributed by atoms with Crippen molar-refractivity contribution in [2.45, 2.75) is 13.0 Å². The van der Waals surface area contributed by atoms with Crippen LogP contribution in [0.15, 0.2) is 10.7 Å². The Balaban J connectivity index is 2.82. The Kier molecular flexibility index (Phi) is 2.03. The zero-order chi connectivity index (χ0) is 7.56. The van der Waals surface area contributed by atoms with Crippen LogP contribution in [0.1, 0.15) is 17.4 Å².